The van der Waals surface area contributed by atoms with E-state index in [1.807, 2.05) is 0 Å². The van der Waals surface area contributed by atoms with E-state index in [4.69, 9.17) is 18.9 Å². The van der Waals surface area contributed by atoms with Crippen LogP contribution in [0.5, 0.6) is 23.0 Å². The van der Waals surface area contributed by atoms with Crippen molar-refractivity contribution in [2.24, 2.45) is 0 Å². The van der Waals surface area contributed by atoms with Crippen LogP contribution >= 0.6 is 0 Å². The molecule has 3 N–H and O–H groups in total. The summed E-state index contributed by atoms with van der Waals surface area (Å²) in [6, 6.07) is 7.24. The molecule has 0 aliphatic carbocycles. The molecule has 2 aromatic carbocycles. The molecule has 1 aliphatic heterocycles. The Bertz CT molecular complexity index is 1210. The molecule has 0 fully saturated rings. The van der Waals surface area contributed by atoms with Crippen LogP contribution in [0.2, 0.25) is 0 Å². The summed E-state index contributed by atoms with van der Waals surface area (Å²) in [5.41, 5.74) is 1.95. The largest absolute Gasteiger partial charge is 0.504 e. The van der Waals surface area contributed by atoms with Crippen LogP contribution in [0, 0.1) is 0 Å². The fraction of sp³-hybridized carbons (Fsp3) is 0.370. The zero-order valence-corrected chi connectivity index (χ0v) is 21.6. The van der Waals surface area contributed by atoms with Crippen molar-refractivity contribution in [2.75, 3.05) is 35.0 Å². The van der Waals surface area contributed by atoms with Crippen molar-refractivity contribution < 1.29 is 48.3 Å². The van der Waals surface area contributed by atoms with E-state index in [9.17, 15) is 24.6 Å². The number of carbonyl (C=O) groups is 3. The van der Waals surface area contributed by atoms with Crippen LogP contribution in [0.15, 0.2) is 36.4 Å². The normalized spacial score (nSPS) is 16.8. The number of phenols is 1. The fourth-order valence-electron chi connectivity index (χ4n) is 4.18. The van der Waals surface area contributed by atoms with Gasteiger partial charge in [-0.1, -0.05) is 6.07 Å². The standard InChI is InChI=1S/C27H31NO10/c1-34-21-13-16(6-8-20(21)30)25-18(14-29)17-11-15(12-22(35-2)26(17)38-25)5-9-23(31)28-19(27(33)37-4)7-10-24(32)36-3/h5-6,8-9,11-13,18-19,25,29-30H,7,10,14H2,1-4H3,(H,28,31)/b9-5-/t18-,19-,25+/m1/s1. The second kappa shape index (κ2) is 12.8. The maximum absolute atomic E-state index is 12.5. The molecule has 0 spiro atoms. The lowest BCUT2D eigenvalue weighted by Gasteiger charge is -2.18. The molecule has 3 atom stereocenters. The molecule has 0 aromatic heterocycles. The molecule has 0 saturated carbocycles. The molecule has 2 aromatic rings. The number of hydrogen-bond acceptors (Lipinski definition) is 10. The average molecular weight is 530 g/mol. The highest BCUT2D eigenvalue weighted by molar-refractivity contribution is 5.94. The highest BCUT2D eigenvalue weighted by Gasteiger charge is 2.38. The molecule has 1 heterocycles. The minimum absolute atomic E-state index is 0.0182. The maximum atomic E-state index is 12.5. The molecule has 11 nitrogen and oxygen atoms in total. The fourth-order valence-corrected chi connectivity index (χ4v) is 4.18. The minimum atomic E-state index is -1.03. The lowest BCUT2D eigenvalue weighted by molar-refractivity contribution is -0.146. The molecule has 1 aliphatic rings. The van der Waals surface area contributed by atoms with Gasteiger partial charge in [-0.15, -0.1) is 0 Å². The molecule has 11 heteroatoms. The number of nitrogens with one attached hydrogen (secondary N) is 1. The number of phenolic OH excluding ortho intramolecular Hbond substituents is 1. The number of methoxy groups -OCH3 is 4. The third-order valence-corrected chi connectivity index (χ3v) is 6.16. The van der Waals surface area contributed by atoms with Gasteiger partial charge in [-0.3, -0.25) is 9.59 Å². The number of fused-ring (bicyclic) bond motifs is 1. The molecule has 0 bridgehead atoms. The summed E-state index contributed by atoms with van der Waals surface area (Å²) in [6.07, 6.45) is 2.14. The monoisotopic (exact) mass is 529 g/mol. The van der Waals surface area contributed by atoms with Crippen molar-refractivity contribution in [3.05, 3.63) is 53.1 Å². The van der Waals surface area contributed by atoms with Crippen LogP contribution in [0.25, 0.3) is 6.08 Å². The highest BCUT2D eigenvalue weighted by Crippen LogP contribution is 2.51. The summed E-state index contributed by atoms with van der Waals surface area (Å²) < 4.78 is 26.2. The number of esters is 2. The molecule has 0 radical (unpaired) electrons. The van der Waals surface area contributed by atoms with Crippen LogP contribution in [0.1, 0.15) is 41.6 Å². The predicted octanol–water partition coefficient (Wildman–Crippen LogP) is 2.24. The van der Waals surface area contributed by atoms with E-state index < -0.39 is 35.9 Å². The van der Waals surface area contributed by atoms with E-state index in [-0.39, 0.29) is 30.9 Å². The maximum Gasteiger partial charge on any atom is 0.328 e. The van der Waals surface area contributed by atoms with E-state index in [1.165, 1.54) is 46.7 Å². The van der Waals surface area contributed by atoms with E-state index in [1.54, 1.807) is 24.3 Å². The Labute approximate surface area is 219 Å². The van der Waals surface area contributed by atoms with Gasteiger partial charge in [0.15, 0.2) is 23.0 Å². The van der Waals surface area contributed by atoms with E-state index >= 15 is 0 Å². The average Bonchev–Trinajstić information content (AvgIpc) is 3.31. The number of rotatable bonds is 11. The lowest BCUT2D eigenvalue weighted by atomic mass is 9.90. The number of aromatic hydroxyl groups is 1. The Morgan fingerprint density at radius 2 is 1.79 bits per heavy atom. The Morgan fingerprint density at radius 1 is 1.05 bits per heavy atom. The van der Waals surface area contributed by atoms with Gasteiger partial charge in [0.25, 0.3) is 0 Å². The second-order valence-corrected chi connectivity index (χ2v) is 8.43. The van der Waals surface area contributed by atoms with Gasteiger partial charge in [0.1, 0.15) is 12.1 Å². The van der Waals surface area contributed by atoms with Gasteiger partial charge in [0.05, 0.1) is 41.0 Å². The Kier molecular flexibility index (Phi) is 9.55. The first-order valence-electron chi connectivity index (χ1n) is 11.8. The van der Waals surface area contributed by atoms with Crippen molar-refractivity contribution in [2.45, 2.75) is 30.9 Å². The quantitative estimate of drug-likeness (QED) is 0.292. The van der Waals surface area contributed by atoms with E-state index in [2.05, 4.69) is 10.1 Å². The zero-order valence-electron chi connectivity index (χ0n) is 21.6. The molecule has 204 valence electrons. The third-order valence-electron chi connectivity index (χ3n) is 6.16. The summed E-state index contributed by atoms with van der Waals surface area (Å²) in [5.74, 6) is -1.12. The molecule has 1 amide bonds. The van der Waals surface area contributed by atoms with Crippen molar-refractivity contribution in [3.63, 3.8) is 0 Å². The molecule has 0 saturated heterocycles. The molecule has 0 unspecified atom stereocenters. The molecule has 38 heavy (non-hydrogen) atoms. The number of hydrogen-bond donors (Lipinski definition) is 3. The van der Waals surface area contributed by atoms with Gasteiger partial charge in [0, 0.05) is 18.1 Å². The van der Waals surface area contributed by atoms with E-state index in [0.29, 0.717) is 28.2 Å². The molecular weight excluding hydrogens is 498 g/mol. The Hall–Kier alpha value is -4.25. The number of aliphatic hydroxyl groups is 1. The summed E-state index contributed by atoms with van der Waals surface area (Å²) in [5, 5.41) is 22.7. The summed E-state index contributed by atoms with van der Waals surface area (Å²) >= 11 is 0. The van der Waals surface area contributed by atoms with E-state index in [0.717, 1.165) is 0 Å². The second-order valence-electron chi connectivity index (χ2n) is 8.43. The van der Waals surface area contributed by atoms with Gasteiger partial charge in [0.2, 0.25) is 5.91 Å². The Morgan fingerprint density at radius 3 is 2.42 bits per heavy atom. The highest BCUT2D eigenvalue weighted by atomic mass is 16.5. The Balaban J connectivity index is 1.83. The first-order chi connectivity index (χ1) is 18.3. The van der Waals surface area contributed by atoms with Crippen LogP contribution < -0.4 is 19.5 Å². The van der Waals surface area contributed by atoms with Gasteiger partial charge in [-0.2, -0.15) is 0 Å². The van der Waals surface area contributed by atoms with Gasteiger partial charge < -0.3 is 39.2 Å². The molecular formula is C27H31NO10. The topological polar surface area (TPSA) is 150 Å². The minimum Gasteiger partial charge on any atom is -0.504 e. The number of ether oxygens (including phenoxy) is 5. The van der Waals surface area contributed by atoms with Crippen molar-refractivity contribution in [3.8, 4) is 23.0 Å². The number of amides is 1. The van der Waals surface area contributed by atoms with Gasteiger partial charge >= 0.3 is 11.9 Å². The first kappa shape index (κ1) is 28.3. The number of benzene rings is 2. The smallest absolute Gasteiger partial charge is 0.328 e. The van der Waals surface area contributed by atoms with Crippen molar-refractivity contribution in [1.82, 2.24) is 5.32 Å². The van der Waals surface area contributed by atoms with Crippen molar-refractivity contribution >= 4 is 23.9 Å². The summed E-state index contributed by atoms with van der Waals surface area (Å²) in [7, 11) is 5.34. The lowest BCUT2D eigenvalue weighted by Crippen LogP contribution is -2.41. The van der Waals surface area contributed by atoms with Crippen LogP contribution in [0.4, 0.5) is 0 Å². The zero-order chi connectivity index (χ0) is 27.8. The van der Waals surface area contributed by atoms with Crippen LogP contribution in [-0.4, -0.2) is 69.1 Å². The summed E-state index contributed by atoms with van der Waals surface area (Å²) in [6.45, 7) is -0.237. The summed E-state index contributed by atoms with van der Waals surface area (Å²) in [4.78, 5) is 36.0. The van der Waals surface area contributed by atoms with Crippen molar-refractivity contribution in [1.29, 1.82) is 0 Å². The first-order valence-corrected chi connectivity index (χ1v) is 11.8. The third kappa shape index (κ3) is 6.35. The van der Waals surface area contributed by atoms with Gasteiger partial charge in [-0.25, -0.2) is 4.79 Å². The SMILES string of the molecule is COC(=O)CC[C@@H](NC(=O)/C=C\c1cc(OC)c2c(c1)[C@@H](CO)[C@H](c1ccc(O)c(OC)c1)O2)C(=O)OC. The number of carbonyl (C=O) groups excluding carboxylic acids is 3. The molecule has 3 rings (SSSR count). The number of aliphatic hydroxyl groups excluding tert-OH is 1. The van der Waals surface area contributed by atoms with Crippen LogP contribution in [-0.2, 0) is 23.9 Å². The van der Waals surface area contributed by atoms with Crippen LogP contribution in [0.3, 0.4) is 0 Å². The predicted molar refractivity (Wildman–Crippen MR) is 135 cm³/mol. The van der Waals surface area contributed by atoms with Gasteiger partial charge in [-0.05, 0) is 47.9 Å².